The topological polar surface area (TPSA) is 84.2 Å². The van der Waals surface area contributed by atoms with Gasteiger partial charge >= 0.3 is 5.69 Å². The van der Waals surface area contributed by atoms with Crippen molar-refractivity contribution in [3.05, 3.63) is 38.7 Å². The number of nitrogens with zero attached hydrogens (tertiary/aromatic N) is 4. The van der Waals surface area contributed by atoms with Crippen molar-refractivity contribution < 1.29 is 4.92 Å². The lowest BCUT2D eigenvalue weighted by Gasteiger charge is -2.17. The number of aromatic nitrogens is 2. The standard InChI is InChI=1S/C12H15N5O2S/c1-3-13-12-14-6-10(17(18)19)11(15-12)16(2)7-9-4-5-20-8-9/h4-6,8H,3,7H2,1-2H3,(H,13,14,15). The summed E-state index contributed by atoms with van der Waals surface area (Å²) in [7, 11) is 1.78. The largest absolute Gasteiger partial charge is 0.354 e. The molecule has 0 aliphatic carbocycles. The van der Waals surface area contributed by atoms with Crippen LogP contribution in [0.25, 0.3) is 0 Å². The van der Waals surface area contributed by atoms with Crippen LogP contribution in [0.5, 0.6) is 0 Å². The highest BCUT2D eigenvalue weighted by atomic mass is 32.1. The first kappa shape index (κ1) is 14.2. The quantitative estimate of drug-likeness (QED) is 0.650. The molecule has 0 amide bonds. The summed E-state index contributed by atoms with van der Waals surface area (Å²) in [5.41, 5.74) is 1.000. The van der Waals surface area contributed by atoms with Gasteiger partial charge in [-0.1, -0.05) is 0 Å². The van der Waals surface area contributed by atoms with Crippen molar-refractivity contribution >= 4 is 28.8 Å². The van der Waals surface area contributed by atoms with Crippen LogP contribution < -0.4 is 10.2 Å². The first-order valence-electron chi connectivity index (χ1n) is 6.09. The molecule has 0 saturated carbocycles. The van der Waals surface area contributed by atoms with E-state index in [0.717, 1.165) is 5.56 Å². The molecule has 106 valence electrons. The molecule has 0 spiro atoms. The van der Waals surface area contributed by atoms with Gasteiger partial charge in [-0.15, -0.1) is 0 Å². The second-order valence-electron chi connectivity index (χ2n) is 4.18. The Balaban J connectivity index is 2.30. The maximum atomic E-state index is 11.1. The molecule has 0 aliphatic rings. The average molecular weight is 293 g/mol. The third-order valence-corrected chi connectivity index (χ3v) is 3.38. The van der Waals surface area contributed by atoms with Gasteiger partial charge in [-0.05, 0) is 29.3 Å². The van der Waals surface area contributed by atoms with Crippen LogP contribution in [-0.2, 0) is 6.54 Å². The zero-order valence-corrected chi connectivity index (χ0v) is 12.1. The third-order valence-electron chi connectivity index (χ3n) is 2.64. The van der Waals surface area contributed by atoms with E-state index in [2.05, 4.69) is 15.3 Å². The molecule has 0 aromatic carbocycles. The molecule has 2 aromatic heterocycles. The highest BCUT2D eigenvalue weighted by Gasteiger charge is 2.20. The van der Waals surface area contributed by atoms with Crippen molar-refractivity contribution in [1.82, 2.24) is 9.97 Å². The fourth-order valence-electron chi connectivity index (χ4n) is 1.75. The fraction of sp³-hybridized carbons (Fsp3) is 0.333. The Kier molecular flexibility index (Phi) is 4.46. The molecule has 8 heteroatoms. The van der Waals surface area contributed by atoms with Gasteiger partial charge in [0.05, 0.1) is 4.92 Å². The van der Waals surface area contributed by atoms with Crippen LogP contribution >= 0.6 is 11.3 Å². The smallest absolute Gasteiger partial charge is 0.329 e. The van der Waals surface area contributed by atoms with Gasteiger partial charge in [0, 0.05) is 20.1 Å². The molecule has 1 N–H and O–H groups in total. The minimum Gasteiger partial charge on any atom is -0.354 e. The Morgan fingerprint density at radius 3 is 2.95 bits per heavy atom. The number of nitrogens with one attached hydrogen (secondary N) is 1. The maximum absolute atomic E-state index is 11.1. The average Bonchev–Trinajstić information content (AvgIpc) is 2.91. The summed E-state index contributed by atoms with van der Waals surface area (Å²) in [4.78, 5) is 20.5. The number of hydrogen-bond donors (Lipinski definition) is 1. The molecule has 0 atom stereocenters. The van der Waals surface area contributed by atoms with Crippen LogP contribution in [0.4, 0.5) is 17.5 Å². The second kappa shape index (κ2) is 6.29. The zero-order chi connectivity index (χ0) is 14.5. The van der Waals surface area contributed by atoms with Crippen molar-refractivity contribution in [2.45, 2.75) is 13.5 Å². The lowest BCUT2D eigenvalue weighted by atomic mass is 10.3. The van der Waals surface area contributed by atoms with Gasteiger partial charge in [-0.3, -0.25) is 10.1 Å². The van der Waals surface area contributed by atoms with E-state index in [-0.39, 0.29) is 5.69 Å². The maximum Gasteiger partial charge on any atom is 0.329 e. The van der Waals surface area contributed by atoms with Gasteiger partial charge in [-0.25, -0.2) is 4.98 Å². The van der Waals surface area contributed by atoms with E-state index >= 15 is 0 Å². The predicted octanol–water partition coefficient (Wildman–Crippen LogP) is 2.51. The molecule has 0 aliphatic heterocycles. The minimum atomic E-state index is -0.463. The Hall–Kier alpha value is -2.22. The van der Waals surface area contributed by atoms with Gasteiger partial charge in [-0.2, -0.15) is 16.3 Å². The zero-order valence-electron chi connectivity index (χ0n) is 11.2. The normalized spacial score (nSPS) is 10.3. The van der Waals surface area contributed by atoms with Gasteiger partial charge < -0.3 is 10.2 Å². The molecule has 0 unspecified atom stereocenters. The molecular weight excluding hydrogens is 278 g/mol. The van der Waals surface area contributed by atoms with Crippen molar-refractivity contribution in [3.63, 3.8) is 0 Å². The van der Waals surface area contributed by atoms with Crippen molar-refractivity contribution in [1.29, 1.82) is 0 Å². The summed E-state index contributed by atoms with van der Waals surface area (Å²) < 4.78 is 0. The summed E-state index contributed by atoms with van der Waals surface area (Å²) in [6, 6.07) is 1.99. The Morgan fingerprint density at radius 1 is 1.55 bits per heavy atom. The molecule has 2 aromatic rings. The van der Waals surface area contributed by atoms with E-state index in [4.69, 9.17) is 0 Å². The van der Waals surface area contributed by atoms with Crippen LogP contribution in [0.15, 0.2) is 23.0 Å². The summed E-state index contributed by atoms with van der Waals surface area (Å²) >= 11 is 1.59. The van der Waals surface area contributed by atoms with Gasteiger partial charge in [0.25, 0.3) is 0 Å². The van der Waals surface area contributed by atoms with Crippen molar-refractivity contribution in [2.75, 3.05) is 23.8 Å². The molecule has 0 bridgehead atoms. The number of hydrogen-bond acceptors (Lipinski definition) is 7. The predicted molar refractivity (Wildman–Crippen MR) is 79.3 cm³/mol. The number of thiophene rings is 1. The number of nitro groups is 1. The molecule has 0 saturated heterocycles. The lowest BCUT2D eigenvalue weighted by molar-refractivity contribution is -0.384. The van der Waals surface area contributed by atoms with E-state index in [1.54, 1.807) is 23.3 Å². The highest BCUT2D eigenvalue weighted by molar-refractivity contribution is 7.07. The number of rotatable bonds is 6. The fourth-order valence-corrected chi connectivity index (χ4v) is 2.41. The lowest BCUT2D eigenvalue weighted by Crippen LogP contribution is -2.20. The van der Waals surface area contributed by atoms with Crippen LogP contribution in [0, 0.1) is 10.1 Å². The molecule has 2 rings (SSSR count). The minimum absolute atomic E-state index is 0.0932. The SMILES string of the molecule is CCNc1ncc([N+](=O)[O-])c(N(C)Cc2ccsc2)n1. The third kappa shape index (κ3) is 3.21. The highest BCUT2D eigenvalue weighted by Crippen LogP contribution is 2.26. The molecule has 0 radical (unpaired) electrons. The van der Waals surface area contributed by atoms with Gasteiger partial charge in [0.2, 0.25) is 11.8 Å². The summed E-state index contributed by atoms with van der Waals surface area (Å²) in [6.45, 7) is 3.14. The molecule has 2 heterocycles. The van der Waals surface area contributed by atoms with Crippen molar-refractivity contribution in [3.8, 4) is 0 Å². The van der Waals surface area contributed by atoms with Gasteiger partial charge in [0.1, 0.15) is 6.20 Å². The molecular formula is C12H15N5O2S. The van der Waals surface area contributed by atoms with Crippen LogP contribution in [-0.4, -0.2) is 28.5 Å². The summed E-state index contributed by atoms with van der Waals surface area (Å²) in [5, 5.41) is 18.0. The molecule has 20 heavy (non-hydrogen) atoms. The van der Waals surface area contributed by atoms with Crippen LogP contribution in [0.2, 0.25) is 0 Å². The van der Waals surface area contributed by atoms with Gasteiger partial charge in [0.15, 0.2) is 0 Å². The Morgan fingerprint density at radius 2 is 2.35 bits per heavy atom. The van der Waals surface area contributed by atoms with Crippen LogP contribution in [0.3, 0.4) is 0 Å². The number of anilines is 2. The van der Waals surface area contributed by atoms with E-state index in [1.165, 1.54) is 6.20 Å². The summed E-state index contributed by atoms with van der Waals surface area (Å²) in [6.07, 6.45) is 1.24. The summed E-state index contributed by atoms with van der Waals surface area (Å²) in [5.74, 6) is 0.706. The Bertz CT molecular complexity index is 588. The Labute approximate surface area is 120 Å². The van der Waals surface area contributed by atoms with E-state index in [0.29, 0.717) is 24.9 Å². The van der Waals surface area contributed by atoms with E-state index in [9.17, 15) is 10.1 Å². The van der Waals surface area contributed by atoms with E-state index < -0.39 is 4.92 Å². The first-order chi connectivity index (χ1) is 9.61. The second-order valence-corrected chi connectivity index (χ2v) is 4.96. The monoisotopic (exact) mass is 293 g/mol. The first-order valence-corrected chi connectivity index (χ1v) is 7.03. The van der Waals surface area contributed by atoms with Crippen molar-refractivity contribution in [2.24, 2.45) is 0 Å². The molecule has 7 nitrogen and oxygen atoms in total. The van der Waals surface area contributed by atoms with E-state index in [1.807, 2.05) is 23.8 Å². The van der Waals surface area contributed by atoms with Crippen LogP contribution in [0.1, 0.15) is 12.5 Å². The molecule has 0 fully saturated rings.